The van der Waals surface area contributed by atoms with Gasteiger partial charge in [0.15, 0.2) is 10.9 Å². The molecule has 2 saturated heterocycles. The molecule has 2 unspecified atom stereocenters. The summed E-state index contributed by atoms with van der Waals surface area (Å²) < 4.78 is 10.9. The maximum absolute atomic E-state index is 5.49. The predicted octanol–water partition coefficient (Wildman–Crippen LogP) is 4.06. The van der Waals surface area contributed by atoms with Crippen molar-refractivity contribution in [3.63, 3.8) is 0 Å². The minimum absolute atomic E-state index is 0.00339. The van der Waals surface area contributed by atoms with Crippen molar-refractivity contribution in [2.75, 3.05) is 13.2 Å². The van der Waals surface area contributed by atoms with E-state index in [1.54, 1.807) is 0 Å². The van der Waals surface area contributed by atoms with E-state index in [0.29, 0.717) is 0 Å². The highest BCUT2D eigenvalue weighted by atomic mass is 32.2. The van der Waals surface area contributed by atoms with Crippen molar-refractivity contribution in [1.29, 1.82) is 0 Å². The zero-order valence-electron chi connectivity index (χ0n) is 10.7. The van der Waals surface area contributed by atoms with Crippen LogP contribution < -0.4 is 0 Å². The minimum atomic E-state index is -0.00339. The van der Waals surface area contributed by atoms with Gasteiger partial charge in [-0.05, 0) is 38.5 Å². The average Bonchev–Trinajstić information content (AvgIpc) is 2.29. The molecule has 0 spiro atoms. The average molecular weight is 294 g/mol. The fourth-order valence-electron chi connectivity index (χ4n) is 1.89. The molecule has 2 fully saturated rings. The lowest BCUT2D eigenvalue weighted by Gasteiger charge is -2.22. The van der Waals surface area contributed by atoms with Crippen LogP contribution in [0.5, 0.6) is 0 Å². The van der Waals surface area contributed by atoms with Crippen molar-refractivity contribution in [3.8, 4) is 0 Å². The fraction of sp³-hybridized carbons (Fsp3) is 1.00. The highest BCUT2D eigenvalue weighted by Crippen LogP contribution is 2.28. The molecule has 2 atom stereocenters. The SMILES string of the molecule is C1CCOSC(OOC2CCCCCOS2)CC1. The van der Waals surface area contributed by atoms with E-state index in [1.807, 2.05) is 0 Å². The Labute approximate surface area is 118 Å². The van der Waals surface area contributed by atoms with Crippen LogP contribution in [0.15, 0.2) is 0 Å². The quantitative estimate of drug-likeness (QED) is 0.444. The molecule has 2 heterocycles. The Morgan fingerprint density at radius 2 is 1.17 bits per heavy atom. The normalized spacial score (nSPS) is 32.0. The number of hydrogen-bond donors (Lipinski definition) is 0. The maximum atomic E-state index is 5.49. The predicted molar refractivity (Wildman–Crippen MR) is 73.8 cm³/mol. The van der Waals surface area contributed by atoms with Gasteiger partial charge in [-0.3, -0.25) is 0 Å². The van der Waals surface area contributed by atoms with E-state index in [4.69, 9.17) is 18.1 Å². The largest absolute Gasteiger partial charge is 0.313 e. The summed E-state index contributed by atoms with van der Waals surface area (Å²) in [7, 11) is 0. The first-order chi connectivity index (χ1) is 8.95. The monoisotopic (exact) mass is 294 g/mol. The third kappa shape index (κ3) is 6.12. The molecule has 18 heavy (non-hydrogen) atoms. The molecule has 0 saturated carbocycles. The summed E-state index contributed by atoms with van der Waals surface area (Å²) in [6, 6.07) is 0. The van der Waals surface area contributed by atoms with E-state index in [1.165, 1.54) is 49.8 Å². The van der Waals surface area contributed by atoms with Gasteiger partial charge in [0, 0.05) is 24.1 Å². The molecule has 0 aromatic rings. The summed E-state index contributed by atoms with van der Waals surface area (Å²) in [5, 5.41) is 0. The van der Waals surface area contributed by atoms with Crippen LogP contribution in [0, 0.1) is 0 Å². The fourth-order valence-corrected chi connectivity index (χ4v) is 3.31. The van der Waals surface area contributed by atoms with E-state index in [-0.39, 0.29) is 10.9 Å². The lowest BCUT2D eigenvalue weighted by atomic mass is 10.2. The van der Waals surface area contributed by atoms with E-state index < -0.39 is 0 Å². The molecule has 2 aliphatic rings. The van der Waals surface area contributed by atoms with Crippen LogP contribution in [0.1, 0.15) is 51.4 Å². The second kappa shape index (κ2) is 9.44. The molecule has 0 N–H and O–H groups in total. The van der Waals surface area contributed by atoms with Crippen LogP contribution in [0.25, 0.3) is 0 Å². The van der Waals surface area contributed by atoms with Gasteiger partial charge < -0.3 is 8.37 Å². The van der Waals surface area contributed by atoms with Crippen molar-refractivity contribution in [1.82, 2.24) is 0 Å². The maximum Gasteiger partial charge on any atom is 0.164 e. The summed E-state index contributed by atoms with van der Waals surface area (Å²) in [4.78, 5) is 11.0. The topological polar surface area (TPSA) is 36.9 Å². The van der Waals surface area contributed by atoms with Crippen LogP contribution in [-0.2, 0) is 18.1 Å². The van der Waals surface area contributed by atoms with Crippen LogP contribution in [0.3, 0.4) is 0 Å². The van der Waals surface area contributed by atoms with Crippen molar-refractivity contribution in [2.24, 2.45) is 0 Å². The lowest BCUT2D eigenvalue weighted by Crippen LogP contribution is -2.18. The Kier molecular flexibility index (Phi) is 7.84. The molecule has 6 heteroatoms. The third-order valence-corrected chi connectivity index (χ3v) is 4.62. The molecule has 106 valence electrons. The zero-order chi connectivity index (χ0) is 12.5. The third-order valence-electron chi connectivity index (χ3n) is 2.96. The first-order valence-electron chi connectivity index (χ1n) is 6.84. The number of rotatable bonds is 3. The Morgan fingerprint density at radius 1 is 0.667 bits per heavy atom. The Hall–Kier alpha value is 0.540. The molecule has 0 amide bonds. The van der Waals surface area contributed by atoms with Crippen LogP contribution in [0.2, 0.25) is 0 Å². The van der Waals surface area contributed by atoms with Crippen molar-refractivity contribution in [2.45, 2.75) is 62.2 Å². The smallest absolute Gasteiger partial charge is 0.164 e. The van der Waals surface area contributed by atoms with E-state index in [9.17, 15) is 0 Å². The van der Waals surface area contributed by atoms with Gasteiger partial charge in [0.25, 0.3) is 0 Å². The molecule has 0 radical (unpaired) electrons. The molecule has 0 aromatic carbocycles. The van der Waals surface area contributed by atoms with Gasteiger partial charge in [-0.15, -0.1) is 0 Å². The van der Waals surface area contributed by atoms with Gasteiger partial charge in [-0.2, -0.15) is 0 Å². The van der Waals surface area contributed by atoms with Crippen molar-refractivity contribution < 1.29 is 18.1 Å². The van der Waals surface area contributed by atoms with Gasteiger partial charge in [0.2, 0.25) is 0 Å². The summed E-state index contributed by atoms with van der Waals surface area (Å²) in [6.07, 6.45) is 9.05. The van der Waals surface area contributed by atoms with Crippen molar-refractivity contribution >= 4 is 24.1 Å². The highest BCUT2D eigenvalue weighted by molar-refractivity contribution is 7.95. The zero-order valence-corrected chi connectivity index (χ0v) is 12.3. The van der Waals surface area contributed by atoms with E-state index in [2.05, 4.69) is 0 Å². The van der Waals surface area contributed by atoms with Crippen LogP contribution in [-0.4, -0.2) is 24.1 Å². The summed E-state index contributed by atoms with van der Waals surface area (Å²) in [5.74, 6) is 0. The second-order valence-electron chi connectivity index (χ2n) is 4.59. The standard InChI is InChI=1S/C12H22O4S2/c1-3-7-11(17-13-9-5-1)15-16-12-8-4-2-6-10-14-18-12/h11-12H,1-10H2. The summed E-state index contributed by atoms with van der Waals surface area (Å²) >= 11 is 2.80. The molecule has 0 aromatic heterocycles. The van der Waals surface area contributed by atoms with E-state index >= 15 is 0 Å². The molecule has 0 aliphatic carbocycles. The second-order valence-corrected chi connectivity index (χ2v) is 6.49. The van der Waals surface area contributed by atoms with Gasteiger partial charge in [0.05, 0.1) is 13.2 Å². The van der Waals surface area contributed by atoms with Gasteiger partial charge in [0.1, 0.15) is 0 Å². The first-order valence-corrected chi connectivity index (χ1v) is 8.45. The molecule has 0 bridgehead atoms. The van der Waals surface area contributed by atoms with Crippen LogP contribution >= 0.6 is 24.1 Å². The molecular formula is C12H22O4S2. The Bertz CT molecular complexity index is 180. The molecular weight excluding hydrogens is 272 g/mol. The van der Waals surface area contributed by atoms with Gasteiger partial charge in [-0.1, -0.05) is 12.8 Å². The molecule has 2 rings (SSSR count). The van der Waals surface area contributed by atoms with Crippen LogP contribution in [0.4, 0.5) is 0 Å². The highest BCUT2D eigenvalue weighted by Gasteiger charge is 2.19. The Morgan fingerprint density at radius 3 is 1.67 bits per heavy atom. The lowest BCUT2D eigenvalue weighted by molar-refractivity contribution is -0.317. The minimum Gasteiger partial charge on any atom is -0.313 e. The summed E-state index contributed by atoms with van der Waals surface area (Å²) in [5.41, 5.74) is -0.00678. The number of hydrogen-bond acceptors (Lipinski definition) is 6. The first kappa shape index (κ1) is 14.9. The van der Waals surface area contributed by atoms with Crippen molar-refractivity contribution in [3.05, 3.63) is 0 Å². The molecule has 4 nitrogen and oxygen atoms in total. The molecule has 2 aliphatic heterocycles. The Balaban J connectivity index is 1.64. The van der Waals surface area contributed by atoms with Gasteiger partial charge >= 0.3 is 0 Å². The van der Waals surface area contributed by atoms with E-state index in [0.717, 1.165) is 38.9 Å². The summed E-state index contributed by atoms with van der Waals surface area (Å²) in [6.45, 7) is 1.62. The van der Waals surface area contributed by atoms with Gasteiger partial charge in [-0.25, -0.2) is 9.78 Å².